The average molecular weight is 793 g/mol. The van der Waals surface area contributed by atoms with Crippen LogP contribution in [-0.2, 0) is 5.41 Å². The molecular weight excluding hydrogens is 745 g/mol. The maximum absolute atomic E-state index is 2.59. The van der Waals surface area contributed by atoms with Gasteiger partial charge < -0.3 is 0 Å². The van der Waals surface area contributed by atoms with Crippen molar-refractivity contribution in [1.82, 2.24) is 0 Å². The predicted molar refractivity (Wildman–Crippen MR) is 266 cm³/mol. The first-order valence-corrected chi connectivity index (χ1v) is 22.1. The maximum atomic E-state index is 2.59. The molecule has 0 unspecified atom stereocenters. The Morgan fingerprint density at radius 2 is 0.855 bits per heavy atom. The van der Waals surface area contributed by atoms with Crippen LogP contribution in [0.15, 0.2) is 164 Å². The van der Waals surface area contributed by atoms with Crippen molar-refractivity contribution in [3.8, 4) is 66.8 Å². The van der Waals surface area contributed by atoms with E-state index in [1.54, 1.807) is 0 Å². The van der Waals surface area contributed by atoms with E-state index in [-0.39, 0.29) is 5.41 Å². The second kappa shape index (κ2) is 13.2. The Labute approximate surface area is 365 Å². The summed E-state index contributed by atoms with van der Waals surface area (Å²) in [7, 11) is 0. The SMILES string of the molecule is Cc1cc(C)cc(-c2c3c(c(-c4cc(C)cc(C)c4)c4cc(C5(C)c6cc(C)ccc6-c6ccc(C)cc65)ccc24)-c2cccc4c(-c5ccc6ccccc6c5)ccc-3c24)c1. The van der Waals surface area contributed by atoms with Crippen LogP contribution in [0.4, 0.5) is 0 Å². The van der Waals surface area contributed by atoms with Crippen molar-refractivity contribution >= 4 is 32.3 Å². The van der Waals surface area contributed by atoms with Gasteiger partial charge in [-0.05, 0) is 176 Å². The van der Waals surface area contributed by atoms with Gasteiger partial charge in [-0.3, -0.25) is 0 Å². The highest BCUT2D eigenvalue weighted by Crippen LogP contribution is 2.60. The van der Waals surface area contributed by atoms with Crippen LogP contribution in [0.5, 0.6) is 0 Å². The summed E-state index contributed by atoms with van der Waals surface area (Å²) in [5.74, 6) is 0. The van der Waals surface area contributed by atoms with Crippen molar-refractivity contribution in [2.24, 2.45) is 0 Å². The molecule has 62 heavy (non-hydrogen) atoms. The second-order valence-corrected chi connectivity index (χ2v) is 18.7. The molecule has 0 saturated carbocycles. The molecule has 2 aliphatic carbocycles. The molecule has 10 aromatic rings. The van der Waals surface area contributed by atoms with E-state index in [0.717, 1.165) is 0 Å². The van der Waals surface area contributed by atoms with Gasteiger partial charge in [-0.15, -0.1) is 0 Å². The van der Waals surface area contributed by atoms with Crippen molar-refractivity contribution in [2.45, 2.75) is 53.9 Å². The van der Waals surface area contributed by atoms with E-state index < -0.39 is 0 Å². The number of benzene rings is 10. The molecule has 0 saturated heterocycles. The lowest BCUT2D eigenvalue weighted by molar-refractivity contribution is 0.713. The first kappa shape index (κ1) is 36.8. The van der Waals surface area contributed by atoms with Crippen molar-refractivity contribution in [1.29, 1.82) is 0 Å². The number of aryl methyl sites for hydroxylation is 6. The molecule has 0 atom stereocenters. The van der Waals surface area contributed by atoms with E-state index in [2.05, 4.69) is 212 Å². The molecule has 0 fully saturated rings. The van der Waals surface area contributed by atoms with Crippen LogP contribution >= 0.6 is 0 Å². The third-order valence-corrected chi connectivity index (χ3v) is 14.3. The molecule has 0 spiro atoms. The molecule has 0 heterocycles. The monoisotopic (exact) mass is 792 g/mol. The number of hydrogen-bond acceptors (Lipinski definition) is 0. The molecule has 0 aromatic heterocycles. The van der Waals surface area contributed by atoms with Crippen molar-refractivity contribution in [3.05, 3.63) is 214 Å². The van der Waals surface area contributed by atoms with Gasteiger partial charge in [-0.1, -0.05) is 185 Å². The fourth-order valence-electron chi connectivity index (χ4n) is 11.7. The molecule has 0 bridgehead atoms. The molecule has 0 radical (unpaired) electrons. The Kier molecular flexibility index (Phi) is 7.86. The molecule has 296 valence electrons. The Morgan fingerprint density at radius 1 is 0.306 bits per heavy atom. The zero-order chi connectivity index (χ0) is 42.2. The number of fused-ring (bicyclic) bond motifs is 8. The minimum absolute atomic E-state index is 0.340. The fourth-order valence-corrected chi connectivity index (χ4v) is 11.7. The third kappa shape index (κ3) is 5.26. The topological polar surface area (TPSA) is 0 Å². The lowest BCUT2D eigenvalue weighted by Crippen LogP contribution is -2.22. The van der Waals surface area contributed by atoms with Gasteiger partial charge in [0.25, 0.3) is 0 Å². The Balaban J connectivity index is 1.23. The summed E-state index contributed by atoms with van der Waals surface area (Å²) >= 11 is 0. The Morgan fingerprint density at radius 3 is 1.48 bits per heavy atom. The standard InChI is InChI=1S/C62H48/c1-35-15-20-48-49-21-16-36(2)32-56(49)62(7,55(48)31-35)46-19-22-51-54(34-46)58(45-29-39(5)26-40(6)30-45)60-52-14-10-13-50-47(43-18-17-41-11-8-9-12-42(41)33-43)23-24-53(59(50)52)61(60)57(51)44-27-37(3)25-38(4)28-44/h8-34H,1-7H3. The highest BCUT2D eigenvalue weighted by Gasteiger charge is 2.42. The van der Waals surface area contributed by atoms with E-state index in [0.29, 0.717) is 0 Å². The first-order chi connectivity index (χ1) is 30.0. The summed E-state index contributed by atoms with van der Waals surface area (Å²) in [6.45, 7) is 15.9. The van der Waals surface area contributed by atoms with Crippen LogP contribution in [0.2, 0.25) is 0 Å². The van der Waals surface area contributed by atoms with E-state index >= 15 is 0 Å². The van der Waals surface area contributed by atoms with Crippen LogP contribution in [0.25, 0.3) is 99.1 Å². The van der Waals surface area contributed by atoms with Crippen molar-refractivity contribution in [3.63, 3.8) is 0 Å². The summed E-state index contributed by atoms with van der Waals surface area (Å²) < 4.78 is 0. The molecule has 0 N–H and O–H groups in total. The molecular formula is C62H48. The van der Waals surface area contributed by atoms with Gasteiger partial charge in [-0.2, -0.15) is 0 Å². The van der Waals surface area contributed by atoms with Gasteiger partial charge in [0.2, 0.25) is 0 Å². The predicted octanol–water partition coefficient (Wildman–Crippen LogP) is 17.0. The van der Waals surface area contributed by atoms with Crippen LogP contribution in [-0.4, -0.2) is 0 Å². The van der Waals surface area contributed by atoms with Crippen molar-refractivity contribution in [2.75, 3.05) is 0 Å². The van der Waals surface area contributed by atoms with Gasteiger partial charge in [-0.25, -0.2) is 0 Å². The number of hydrogen-bond donors (Lipinski definition) is 0. The Bertz CT molecular complexity index is 3500. The lowest BCUT2D eigenvalue weighted by Gasteiger charge is -2.30. The lowest BCUT2D eigenvalue weighted by atomic mass is 9.72. The van der Waals surface area contributed by atoms with Gasteiger partial charge in [0.15, 0.2) is 0 Å². The molecule has 10 aromatic carbocycles. The summed E-state index contributed by atoms with van der Waals surface area (Å²) in [4.78, 5) is 0. The third-order valence-electron chi connectivity index (χ3n) is 14.3. The summed E-state index contributed by atoms with van der Waals surface area (Å²) in [6, 6.07) is 63.4. The highest BCUT2D eigenvalue weighted by molar-refractivity contribution is 6.29. The molecule has 12 rings (SSSR count). The summed E-state index contributed by atoms with van der Waals surface area (Å²) in [5, 5.41) is 7.76. The zero-order valence-corrected chi connectivity index (χ0v) is 36.6. The summed E-state index contributed by atoms with van der Waals surface area (Å²) in [6.07, 6.45) is 0. The van der Waals surface area contributed by atoms with E-state index in [4.69, 9.17) is 0 Å². The van der Waals surface area contributed by atoms with Crippen LogP contribution < -0.4 is 0 Å². The average Bonchev–Trinajstić information content (AvgIpc) is 3.71. The van der Waals surface area contributed by atoms with Crippen molar-refractivity contribution < 1.29 is 0 Å². The molecule has 0 aliphatic heterocycles. The second-order valence-electron chi connectivity index (χ2n) is 18.7. The van der Waals surface area contributed by atoms with Gasteiger partial charge in [0, 0.05) is 5.41 Å². The van der Waals surface area contributed by atoms with E-state index in [9.17, 15) is 0 Å². The van der Waals surface area contributed by atoms with E-state index in [1.165, 1.54) is 149 Å². The van der Waals surface area contributed by atoms with Gasteiger partial charge >= 0.3 is 0 Å². The first-order valence-electron chi connectivity index (χ1n) is 22.1. The minimum Gasteiger partial charge on any atom is -0.0616 e. The van der Waals surface area contributed by atoms with Crippen LogP contribution in [0.1, 0.15) is 57.0 Å². The molecule has 0 amide bonds. The quantitative estimate of drug-likeness (QED) is 0.167. The Hall–Kier alpha value is -7.02. The van der Waals surface area contributed by atoms with Crippen LogP contribution in [0, 0.1) is 41.5 Å². The fraction of sp³-hybridized carbons (Fsp3) is 0.129. The smallest absolute Gasteiger partial charge is 0.0435 e. The normalized spacial score (nSPS) is 13.2. The molecule has 2 aliphatic rings. The van der Waals surface area contributed by atoms with E-state index in [1.807, 2.05) is 0 Å². The van der Waals surface area contributed by atoms with Gasteiger partial charge in [0.1, 0.15) is 0 Å². The zero-order valence-electron chi connectivity index (χ0n) is 36.6. The van der Waals surface area contributed by atoms with Crippen LogP contribution in [0.3, 0.4) is 0 Å². The number of rotatable bonds is 4. The highest BCUT2D eigenvalue weighted by atomic mass is 14.4. The largest absolute Gasteiger partial charge is 0.0616 e. The summed E-state index contributed by atoms with van der Waals surface area (Å²) in [5.41, 5.74) is 27.2. The van der Waals surface area contributed by atoms with Gasteiger partial charge in [0.05, 0.1) is 0 Å². The minimum atomic E-state index is -0.340. The molecule has 0 heteroatoms. The molecule has 0 nitrogen and oxygen atoms in total. The maximum Gasteiger partial charge on any atom is 0.0435 e.